The predicted molar refractivity (Wildman–Crippen MR) is 64.6 cm³/mol. The smallest absolute Gasteiger partial charge is 0.194 e. The van der Waals surface area contributed by atoms with Crippen molar-refractivity contribution in [1.82, 2.24) is 15.0 Å². The third-order valence-electron chi connectivity index (χ3n) is 2.03. The second-order valence-corrected chi connectivity index (χ2v) is 4.52. The van der Waals surface area contributed by atoms with E-state index < -0.39 is 0 Å². The van der Waals surface area contributed by atoms with Crippen molar-refractivity contribution in [2.75, 3.05) is 0 Å². The highest BCUT2D eigenvalue weighted by Gasteiger charge is 2.04. The molecule has 0 aromatic carbocycles. The van der Waals surface area contributed by atoms with Crippen LogP contribution in [0.1, 0.15) is 17.0 Å². The molecule has 0 unspecified atom stereocenters. The van der Waals surface area contributed by atoms with Gasteiger partial charge >= 0.3 is 0 Å². The van der Waals surface area contributed by atoms with Gasteiger partial charge in [-0.15, -0.1) is 0 Å². The van der Waals surface area contributed by atoms with E-state index in [0.29, 0.717) is 10.7 Å². The maximum Gasteiger partial charge on any atom is 0.194 e. The van der Waals surface area contributed by atoms with E-state index in [-0.39, 0.29) is 0 Å². The molecule has 4 nitrogen and oxygen atoms in total. The fourth-order valence-electron chi connectivity index (χ4n) is 1.32. The first kappa shape index (κ1) is 11.6. The van der Waals surface area contributed by atoms with Crippen LogP contribution in [0.3, 0.4) is 0 Å². The highest BCUT2D eigenvalue weighted by Crippen LogP contribution is 2.23. The zero-order chi connectivity index (χ0) is 12.3. The quantitative estimate of drug-likeness (QED) is 0.757. The van der Waals surface area contributed by atoms with Crippen LogP contribution < -0.4 is 0 Å². The Kier molecular flexibility index (Phi) is 3.35. The minimum absolute atomic E-state index is 0.604. The van der Waals surface area contributed by atoms with Crippen molar-refractivity contribution < 1.29 is 0 Å². The number of pyridine rings is 1. The van der Waals surface area contributed by atoms with Gasteiger partial charge in [-0.05, 0) is 43.8 Å². The van der Waals surface area contributed by atoms with Gasteiger partial charge in [-0.2, -0.15) is 5.26 Å². The molecule has 0 atom stereocenters. The molecule has 2 aromatic heterocycles. The molecule has 0 aliphatic carbocycles. The molecule has 84 valence electrons. The minimum Gasteiger partial charge on any atom is -0.246 e. The molecule has 0 bridgehead atoms. The molecular weight excluding hydrogens is 232 g/mol. The predicted octanol–water partition coefficient (Wildman–Crippen LogP) is 2.51. The molecule has 0 saturated heterocycles. The Morgan fingerprint density at radius 2 is 2.00 bits per heavy atom. The van der Waals surface area contributed by atoms with E-state index in [2.05, 4.69) is 21.0 Å². The topological polar surface area (TPSA) is 62.5 Å². The van der Waals surface area contributed by atoms with Gasteiger partial charge in [-0.25, -0.2) is 15.0 Å². The summed E-state index contributed by atoms with van der Waals surface area (Å²) < 4.78 is 0. The number of hydrogen-bond acceptors (Lipinski definition) is 5. The molecule has 0 amide bonds. The van der Waals surface area contributed by atoms with Gasteiger partial charge in [0.2, 0.25) is 0 Å². The number of nitriles is 1. The second kappa shape index (κ2) is 4.93. The van der Waals surface area contributed by atoms with Gasteiger partial charge in [-0.3, -0.25) is 0 Å². The van der Waals surface area contributed by atoms with E-state index in [4.69, 9.17) is 5.26 Å². The first-order chi connectivity index (χ1) is 8.17. The molecule has 0 N–H and O–H groups in total. The summed E-state index contributed by atoms with van der Waals surface area (Å²) >= 11 is 1.36. The van der Waals surface area contributed by atoms with Crippen molar-refractivity contribution in [3.05, 3.63) is 41.3 Å². The lowest BCUT2D eigenvalue weighted by molar-refractivity contribution is 0.925. The summed E-state index contributed by atoms with van der Waals surface area (Å²) in [6, 6.07) is 7.44. The SMILES string of the molecule is Cc1cc(C#N)cc(Sc2nccc(C)n2)n1. The fraction of sp³-hybridized carbons (Fsp3) is 0.167. The summed E-state index contributed by atoms with van der Waals surface area (Å²) in [5.41, 5.74) is 2.34. The van der Waals surface area contributed by atoms with Crippen molar-refractivity contribution in [3.8, 4) is 6.07 Å². The number of nitrogens with zero attached hydrogens (tertiary/aromatic N) is 4. The van der Waals surface area contributed by atoms with E-state index in [9.17, 15) is 0 Å². The monoisotopic (exact) mass is 242 g/mol. The lowest BCUT2D eigenvalue weighted by atomic mass is 10.2. The molecule has 2 heterocycles. The van der Waals surface area contributed by atoms with Gasteiger partial charge in [0, 0.05) is 17.6 Å². The van der Waals surface area contributed by atoms with E-state index in [1.807, 2.05) is 19.9 Å². The van der Waals surface area contributed by atoms with Gasteiger partial charge in [0.25, 0.3) is 0 Å². The highest BCUT2D eigenvalue weighted by molar-refractivity contribution is 7.99. The third-order valence-corrected chi connectivity index (χ3v) is 2.83. The first-order valence-corrected chi connectivity index (χ1v) is 5.85. The average molecular weight is 242 g/mol. The molecule has 2 aromatic rings. The number of aromatic nitrogens is 3. The van der Waals surface area contributed by atoms with Crippen molar-refractivity contribution in [3.63, 3.8) is 0 Å². The molecular formula is C12H10N4S. The Labute approximate surface area is 104 Å². The van der Waals surface area contributed by atoms with Crippen molar-refractivity contribution >= 4 is 11.8 Å². The van der Waals surface area contributed by atoms with Crippen molar-refractivity contribution in [1.29, 1.82) is 5.26 Å². The lowest BCUT2D eigenvalue weighted by Crippen LogP contribution is -1.91. The first-order valence-electron chi connectivity index (χ1n) is 5.03. The van der Waals surface area contributed by atoms with Crippen LogP contribution in [0.5, 0.6) is 0 Å². The molecule has 0 radical (unpaired) electrons. The molecule has 17 heavy (non-hydrogen) atoms. The minimum atomic E-state index is 0.604. The molecule has 0 aliphatic heterocycles. The molecule has 0 saturated carbocycles. The number of aryl methyl sites for hydroxylation is 2. The van der Waals surface area contributed by atoms with Crippen LogP contribution in [0.25, 0.3) is 0 Å². The number of hydrogen-bond donors (Lipinski definition) is 0. The van der Waals surface area contributed by atoms with Gasteiger partial charge in [0.05, 0.1) is 11.6 Å². The Morgan fingerprint density at radius 1 is 1.18 bits per heavy atom. The fourth-order valence-corrected chi connectivity index (χ4v) is 2.19. The van der Waals surface area contributed by atoms with E-state index >= 15 is 0 Å². The summed E-state index contributed by atoms with van der Waals surface area (Å²) in [5, 5.41) is 10.3. The largest absolute Gasteiger partial charge is 0.246 e. The van der Waals surface area contributed by atoms with Gasteiger partial charge < -0.3 is 0 Å². The highest BCUT2D eigenvalue weighted by atomic mass is 32.2. The third kappa shape index (κ3) is 3.02. The van der Waals surface area contributed by atoms with Crippen molar-refractivity contribution in [2.45, 2.75) is 24.0 Å². The van der Waals surface area contributed by atoms with Crippen LogP contribution in [-0.4, -0.2) is 15.0 Å². The summed E-state index contributed by atoms with van der Waals surface area (Å²) in [6.45, 7) is 3.78. The number of rotatable bonds is 2. The molecule has 5 heteroatoms. The molecule has 0 fully saturated rings. The zero-order valence-electron chi connectivity index (χ0n) is 9.51. The van der Waals surface area contributed by atoms with E-state index in [1.54, 1.807) is 18.3 Å². The van der Waals surface area contributed by atoms with Gasteiger partial charge in [-0.1, -0.05) is 0 Å². The average Bonchev–Trinajstić information content (AvgIpc) is 2.28. The Bertz CT molecular complexity index is 589. The summed E-state index contributed by atoms with van der Waals surface area (Å²) in [4.78, 5) is 12.8. The maximum absolute atomic E-state index is 8.88. The molecule has 2 rings (SSSR count). The van der Waals surface area contributed by atoms with Crippen LogP contribution in [0.15, 0.2) is 34.6 Å². The summed E-state index contributed by atoms with van der Waals surface area (Å²) in [5.74, 6) is 0. The maximum atomic E-state index is 8.88. The van der Waals surface area contributed by atoms with Crippen LogP contribution >= 0.6 is 11.8 Å². The Balaban J connectivity index is 2.30. The Morgan fingerprint density at radius 3 is 2.71 bits per heavy atom. The van der Waals surface area contributed by atoms with E-state index in [0.717, 1.165) is 16.4 Å². The second-order valence-electron chi connectivity index (χ2n) is 3.53. The molecule has 0 spiro atoms. The van der Waals surface area contributed by atoms with Crippen LogP contribution in [0.4, 0.5) is 0 Å². The van der Waals surface area contributed by atoms with Gasteiger partial charge in [0.1, 0.15) is 5.03 Å². The van der Waals surface area contributed by atoms with Gasteiger partial charge in [0.15, 0.2) is 5.16 Å². The summed E-state index contributed by atoms with van der Waals surface area (Å²) in [7, 11) is 0. The summed E-state index contributed by atoms with van der Waals surface area (Å²) in [6.07, 6.45) is 1.71. The zero-order valence-corrected chi connectivity index (χ0v) is 10.3. The standard InChI is InChI=1S/C12H10N4S/c1-8-3-4-14-12(16-8)17-11-6-10(7-13)5-9(2)15-11/h3-6H,1-2H3. The Hall–Kier alpha value is -1.93. The molecule has 0 aliphatic rings. The van der Waals surface area contributed by atoms with Crippen molar-refractivity contribution in [2.24, 2.45) is 0 Å². The van der Waals surface area contributed by atoms with Crippen LogP contribution in [-0.2, 0) is 0 Å². The van der Waals surface area contributed by atoms with Crippen LogP contribution in [0, 0.1) is 25.2 Å². The normalized spacial score (nSPS) is 9.94. The van der Waals surface area contributed by atoms with Crippen LogP contribution in [0.2, 0.25) is 0 Å². The lowest BCUT2D eigenvalue weighted by Gasteiger charge is -2.02. The van der Waals surface area contributed by atoms with E-state index in [1.165, 1.54) is 11.8 Å².